The summed E-state index contributed by atoms with van der Waals surface area (Å²) in [5, 5.41) is 12.7. The molecule has 2 nitrogen and oxygen atoms in total. The van der Waals surface area contributed by atoms with E-state index in [0.717, 1.165) is 23.5 Å². The van der Waals surface area contributed by atoms with Crippen molar-refractivity contribution in [1.82, 2.24) is 4.98 Å². The molecule has 1 aromatic rings. The summed E-state index contributed by atoms with van der Waals surface area (Å²) in [6.07, 6.45) is 1.51. The zero-order valence-corrected chi connectivity index (χ0v) is 9.27. The molecular weight excluding hydrogens is 182 g/mol. The molecule has 0 saturated heterocycles. The molecule has 0 radical (unpaired) electrons. The van der Waals surface area contributed by atoms with E-state index >= 15 is 0 Å². The largest absolute Gasteiger partial charge is 0.387 e. The van der Waals surface area contributed by atoms with Crippen molar-refractivity contribution in [3.05, 3.63) is 16.1 Å². The number of hydrogen-bond acceptors (Lipinski definition) is 3. The summed E-state index contributed by atoms with van der Waals surface area (Å²) in [6, 6.07) is 0. The molecule has 0 spiro atoms. The highest BCUT2D eigenvalue weighted by Crippen LogP contribution is 2.21. The minimum atomic E-state index is -0.368. The number of aliphatic hydroxyl groups is 1. The van der Waals surface area contributed by atoms with Crippen molar-refractivity contribution < 1.29 is 5.11 Å². The summed E-state index contributed by atoms with van der Waals surface area (Å²) in [6.45, 7) is 6.29. The summed E-state index contributed by atoms with van der Waals surface area (Å²) in [5.74, 6) is 0.648. The fourth-order valence-corrected chi connectivity index (χ4v) is 1.83. The second-order valence-electron chi connectivity index (χ2n) is 3.78. The first kappa shape index (κ1) is 10.7. The van der Waals surface area contributed by atoms with Gasteiger partial charge in [-0.2, -0.15) is 0 Å². The molecule has 0 amide bonds. The number of thiazole rings is 1. The molecule has 1 rings (SSSR count). The van der Waals surface area contributed by atoms with Crippen LogP contribution in [0.15, 0.2) is 5.38 Å². The molecular formula is C10H17NOS. The zero-order chi connectivity index (χ0) is 9.84. The van der Waals surface area contributed by atoms with Crippen LogP contribution in [0.4, 0.5) is 0 Å². The minimum Gasteiger partial charge on any atom is -0.387 e. The molecule has 0 aliphatic rings. The number of aromatic nitrogens is 1. The van der Waals surface area contributed by atoms with Crippen molar-refractivity contribution in [1.29, 1.82) is 0 Å². The van der Waals surface area contributed by atoms with Crippen LogP contribution in [-0.4, -0.2) is 10.1 Å². The molecule has 0 fully saturated rings. The maximum atomic E-state index is 9.73. The topological polar surface area (TPSA) is 33.1 Å². The second-order valence-corrected chi connectivity index (χ2v) is 4.84. The Kier molecular flexibility index (Phi) is 3.88. The van der Waals surface area contributed by atoms with Crippen LogP contribution in [0.1, 0.15) is 43.5 Å². The molecule has 1 N–H and O–H groups in total. The van der Waals surface area contributed by atoms with Crippen molar-refractivity contribution in [2.45, 2.75) is 39.7 Å². The fourth-order valence-electron chi connectivity index (χ4n) is 1.17. The monoisotopic (exact) mass is 199 g/mol. The Morgan fingerprint density at radius 3 is 2.62 bits per heavy atom. The summed E-state index contributed by atoms with van der Waals surface area (Å²) in [4.78, 5) is 4.26. The van der Waals surface area contributed by atoms with Crippen molar-refractivity contribution in [3.63, 3.8) is 0 Å². The van der Waals surface area contributed by atoms with Crippen molar-refractivity contribution in [2.75, 3.05) is 0 Å². The lowest BCUT2D eigenvalue weighted by Crippen LogP contribution is -2.00. The number of nitrogens with zero attached hydrogens (tertiary/aromatic N) is 1. The van der Waals surface area contributed by atoms with E-state index in [0.29, 0.717) is 5.92 Å². The highest BCUT2D eigenvalue weighted by atomic mass is 32.1. The number of aryl methyl sites for hydroxylation is 1. The number of aliphatic hydroxyl groups excluding tert-OH is 1. The molecule has 1 unspecified atom stereocenters. The lowest BCUT2D eigenvalue weighted by Gasteiger charge is -2.09. The van der Waals surface area contributed by atoms with Gasteiger partial charge in [0.2, 0.25) is 0 Å². The van der Waals surface area contributed by atoms with E-state index in [4.69, 9.17) is 0 Å². The van der Waals surface area contributed by atoms with Gasteiger partial charge in [-0.05, 0) is 25.7 Å². The van der Waals surface area contributed by atoms with Crippen LogP contribution >= 0.6 is 11.3 Å². The molecule has 1 aromatic heterocycles. The van der Waals surface area contributed by atoms with Gasteiger partial charge in [0.1, 0.15) is 0 Å². The van der Waals surface area contributed by atoms with Crippen LogP contribution in [0.2, 0.25) is 0 Å². The third-order valence-corrected chi connectivity index (χ3v) is 2.79. The van der Waals surface area contributed by atoms with E-state index in [9.17, 15) is 5.11 Å². The highest BCUT2D eigenvalue weighted by Gasteiger charge is 2.10. The summed E-state index contributed by atoms with van der Waals surface area (Å²) in [7, 11) is 0. The normalized spacial score (nSPS) is 13.6. The summed E-state index contributed by atoms with van der Waals surface area (Å²) >= 11 is 1.60. The van der Waals surface area contributed by atoms with Gasteiger partial charge in [0.25, 0.3) is 0 Å². The van der Waals surface area contributed by atoms with Gasteiger partial charge in [-0.25, -0.2) is 4.98 Å². The van der Waals surface area contributed by atoms with Gasteiger partial charge in [-0.15, -0.1) is 11.3 Å². The number of rotatable bonds is 4. The SMILES string of the molecule is Cc1nc(C(O)CCC(C)C)cs1. The van der Waals surface area contributed by atoms with Crippen molar-refractivity contribution >= 4 is 11.3 Å². The average molecular weight is 199 g/mol. The Morgan fingerprint density at radius 2 is 2.15 bits per heavy atom. The molecule has 0 aromatic carbocycles. The van der Waals surface area contributed by atoms with Crippen LogP contribution in [0.5, 0.6) is 0 Å². The minimum absolute atomic E-state index is 0.368. The molecule has 3 heteroatoms. The quantitative estimate of drug-likeness (QED) is 0.808. The average Bonchev–Trinajstić information content (AvgIpc) is 2.47. The summed E-state index contributed by atoms with van der Waals surface area (Å²) < 4.78 is 0. The standard InChI is InChI=1S/C10H17NOS/c1-7(2)4-5-10(12)9-6-13-8(3)11-9/h6-7,10,12H,4-5H2,1-3H3. The van der Waals surface area contributed by atoms with Gasteiger partial charge in [0, 0.05) is 5.38 Å². The Bertz CT molecular complexity index is 257. The molecule has 1 heterocycles. The number of hydrogen-bond donors (Lipinski definition) is 1. The van der Waals surface area contributed by atoms with E-state index in [1.165, 1.54) is 0 Å². The zero-order valence-electron chi connectivity index (χ0n) is 8.45. The second kappa shape index (κ2) is 4.72. The molecule has 74 valence electrons. The Balaban J connectivity index is 2.44. The van der Waals surface area contributed by atoms with Gasteiger partial charge in [0.15, 0.2) is 0 Å². The lowest BCUT2D eigenvalue weighted by molar-refractivity contribution is 0.155. The first-order valence-electron chi connectivity index (χ1n) is 4.69. The third kappa shape index (κ3) is 3.44. The Morgan fingerprint density at radius 1 is 1.46 bits per heavy atom. The Hall–Kier alpha value is -0.410. The van der Waals surface area contributed by atoms with Gasteiger partial charge >= 0.3 is 0 Å². The lowest BCUT2D eigenvalue weighted by atomic mass is 10.0. The van der Waals surface area contributed by atoms with Crippen molar-refractivity contribution in [3.8, 4) is 0 Å². The summed E-state index contributed by atoms with van der Waals surface area (Å²) in [5.41, 5.74) is 0.836. The van der Waals surface area contributed by atoms with E-state index in [-0.39, 0.29) is 6.10 Å². The van der Waals surface area contributed by atoms with Gasteiger partial charge in [-0.1, -0.05) is 13.8 Å². The molecule has 0 bridgehead atoms. The molecule has 0 aliphatic heterocycles. The van der Waals surface area contributed by atoms with Crippen LogP contribution in [0.3, 0.4) is 0 Å². The van der Waals surface area contributed by atoms with Gasteiger partial charge in [0.05, 0.1) is 16.8 Å². The molecule has 0 saturated carbocycles. The maximum absolute atomic E-state index is 9.73. The predicted molar refractivity (Wildman–Crippen MR) is 55.9 cm³/mol. The predicted octanol–water partition coefficient (Wildman–Crippen LogP) is 2.92. The van der Waals surface area contributed by atoms with Gasteiger partial charge in [-0.3, -0.25) is 0 Å². The van der Waals surface area contributed by atoms with E-state index < -0.39 is 0 Å². The highest BCUT2D eigenvalue weighted by molar-refractivity contribution is 7.09. The van der Waals surface area contributed by atoms with E-state index in [1.54, 1.807) is 11.3 Å². The first-order chi connectivity index (χ1) is 6.09. The third-order valence-electron chi connectivity index (χ3n) is 2.00. The molecule has 0 aliphatic carbocycles. The van der Waals surface area contributed by atoms with Crippen LogP contribution in [0.25, 0.3) is 0 Å². The van der Waals surface area contributed by atoms with E-state index in [2.05, 4.69) is 18.8 Å². The van der Waals surface area contributed by atoms with Crippen LogP contribution in [0, 0.1) is 12.8 Å². The Labute approximate surface area is 83.6 Å². The van der Waals surface area contributed by atoms with Gasteiger partial charge < -0.3 is 5.11 Å². The first-order valence-corrected chi connectivity index (χ1v) is 5.57. The maximum Gasteiger partial charge on any atom is 0.0968 e. The molecule has 13 heavy (non-hydrogen) atoms. The fraction of sp³-hybridized carbons (Fsp3) is 0.700. The van der Waals surface area contributed by atoms with Crippen LogP contribution < -0.4 is 0 Å². The smallest absolute Gasteiger partial charge is 0.0968 e. The molecule has 1 atom stereocenters. The van der Waals surface area contributed by atoms with E-state index in [1.807, 2.05) is 12.3 Å². The van der Waals surface area contributed by atoms with Crippen molar-refractivity contribution in [2.24, 2.45) is 5.92 Å². The van der Waals surface area contributed by atoms with Crippen LogP contribution in [-0.2, 0) is 0 Å².